The Balaban J connectivity index is 1.32. The highest BCUT2D eigenvalue weighted by Gasteiger charge is 2.59. The van der Waals surface area contributed by atoms with Gasteiger partial charge in [-0.05, 0) is 30.8 Å². The number of halogens is 3. The number of amides is 1. The average molecular weight is 630 g/mol. The Morgan fingerprint density at radius 1 is 1.22 bits per heavy atom. The molecule has 2 aliphatic heterocycles. The number of anilines is 1. The maximum Gasteiger partial charge on any atom is 0.319 e. The lowest BCUT2D eigenvalue weighted by Crippen LogP contribution is -2.55. The fourth-order valence-electron chi connectivity index (χ4n) is 7.05. The topological polar surface area (TPSA) is 98.5 Å². The number of piperidine rings is 1. The van der Waals surface area contributed by atoms with E-state index < -0.39 is 23.6 Å². The van der Waals surface area contributed by atoms with Crippen LogP contribution in [-0.4, -0.2) is 83.1 Å². The zero-order valence-electron chi connectivity index (χ0n) is 24.6. The van der Waals surface area contributed by atoms with Crippen LogP contribution in [0.4, 0.5) is 14.6 Å². The van der Waals surface area contributed by atoms with E-state index in [0.717, 1.165) is 24.9 Å². The fourth-order valence-corrected chi connectivity index (χ4v) is 7.33. The summed E-state index contributed by atoms with van der Waals surface area (Å²) in [5.41, 5.74) is 0.689. The van der Waals surface area contributed by atoms with Crippen molar-refractivity contribution in [2.24, 2.45) is 11.3 Å². The molecule has 3 aliphatic rings. The first-order chi connectivity index (χ1) is 21.7. The first-order valence-corrected chi connectivity index (χ1v) is 15.2. The molecule has 4 heterocycles. The first-order valence-electron chi connectivity index (χ1n) is 14.8. The van der Waals surface area contributed by atoms with E-state index in [0.29, 0.717) is 39.7 Å². The number of hydrogen-bond acceptors (Lipinski definition) is 8. The number of rotatable bonds is 7. The van der Waals surface area contributed by atoms with Crippen molar-refractivity contribution in [2.75, 3.05) is 51.3 Å². The third-order valence-corrected chi connectivity index (χ3v) is 9.63. The van der Waals surface area contributed by atoms with Gasteiger partial charge in [-0.15, -0.1) is 0 Å². The van der Waals surface area contributed by atoms with Gasteiger partial charge in [-0.3, -0.25) is 9.78 Å². The predicted octanol–water partition coefficient (Wildman–Crippen LogP) is 5.38. The summed E-state index contributed by atoms with van der Waals surface area (Å²) in [5, 5.41) is 11.8. The maximum atomic E-state index is 16.6. The average Bonchev–Trinajstić information content (AvgIpc) is 3.59. The minimum absolute atomic E-state index is 0.0298. The van der Waals surface area contributed by atoms with Gasteiger partial charge in [0.1, 0.15) is 17.0 Å². The summed E-state index contributed by atoms with van der Waals surface area (Å²) in [6.07, 6.45) is 2.57. The molecular weight excluding hydrogens is 600 g/mol. The van der Waals surface area contributed by atoms with Crippen LogP contribution in [-0.2, 0) is 4.79 Å². The number of fused-ring (bicyclic) bond motifs is 3. The van der Waals surface area contributed by atoms with E-state index in [9.17, 15) is 14.4 Å². The Hall–Kier alpha value is -4.40. The summed E-state index contributed by atoms with van der Waals surface area (Å²) in [5.74, 6) is -1.66. The van der Waals surface area contributed by atoms with Crippen molar-refractivity contribution < 1.29 is 18.3 Å². The zero-order chi connectivity index (χ0) is 31.5. The van der Waals surface area contributed by atoms with Gasteiger partial charge in [0.2, 0.25) is 0 Å². The molecule has 9 nitrogen and oxygen atoms in total. The van der Waals surface area contributed by atoms with Crippen molar-refractivity contribution in [3.63, 3.8) is 0 Å². The normalized spacial score (nSPS) is 22.8. The number of piperazine rings is 1. The number of carbonyl (C=O) groups is 1. The SMILES string of the molecule is C=C(F)C(=O)N1CCN(c2nc(OCC34CC3CN(C)C4)nc3c(F)c(-c4cccc5cccc(Cl)c45)ncc23)C[C@@H]1CC#N. The number of aromatic nitrogens is 3. The Morgan fingerprint density at radius 3 is 2.76 bits per heavy atom. The lowest BCUT2D eigenvalue weighted by molar-refractivity contribution is -0.131. The maximum absolute atomic E-state index is 16.6. The van der Waals surface area contributed by atoms with Crippen molar-refractivity contribution in [1.82, 2.24) is 24.8 Å². The monoisotopic (exact) mass is 629 g/mol. The molecule has 0 bridgehead atoms. The van der Waals surface area contributed by atoms with Gasteiger partial charge >= 0.3 is 6.01 Å². The number of ether oxygens (including phenoxy) is 1. The van der Waals surface area contributed by atoms with Crippen LogP contribution in [0.1, 0.15) is 12.8 Å². The van der Waals surface area contributed by atoms with Crippen LogP contribution < -0.4 is 9.64 Å². The number of likely N-dealkylation sites (tertiary alicyclic amines) is 1. The van der Waals surface area contributed by atoms with Gasteiger partial charge in [0.05, 0.1) is 30.5 Å². The van der Waals surface area contributed by atoms with E-state index in [1.54, 1.807) is 12.1 Å². The summed E-state index contributed by atoms with van der Waals surface area (Å²) in [6, 6.07) is 12.5. The van der Waals surface area contributed by atoms with Crippen molar-refractivity contribution in [1.29, 1.82) is 5.26 Å². The Kier molecular flexibility index (Phi) is 7.29. The molecule has 3 atom stereocenters. The molecular formula is C33H30ClF2N7O2. The third kappa shape index (κ3) is 5.12. The van der Waals surface area contributed by atoms with Gasteiger partial charge in [0.15, 0.2) is 11.6 Å². The van der Waals surface area contributed by atoms with Crippen LogP contribution in [0.25, 0.3) is 32.9 Å². The van der Waals surface area contributed by atoms with E-state index >= 15 is 4.39 Å². The van der Waals surface area contributed by atoms with Gasteiger partial charge in [-0.25, -0.2) is 8.78 Å². The number of carbonyl (C=O) groups excluding carboxylic acids is 1. The molecule has 2 saturated heterocycles. The van der Waals surface area contributed by atoms with E-state index in [-0.39, 0.29) is 48.7 Å². The second kappa shape index (κ2) is 11.2. The quantitative estimate of drug-likeness (QED) is 0.251. The van der Waals surface area contributed by atoms with Crippen LogP contribution in [0, 0.1) is 28.5 Å². The second-order valence-corrected chi connectivity index (χ2v) is 12.7. The van der Waals surface area contributed by atoms with Gasteiger partial charge in [0.25, 0.3) is 5.91 Å². The second-order valence-electron chi connectivity index (χ2n) is 12.3. The third-order valence-electron chi connectivity index (χ3n) is 9.32. The molecule has 1 amide bonds. The molecule has 7 rings (SSSR count). The number of nitrogens with zero attached hydrogens (tertiary/aromatic N) is 7. The molecule has 1 aliphatic carbocycles. The van der Waals surface area contributed by atoms with Gasteiger partial charge in [-0.1, -0.05) is 48.5 Å². The molecule has 4 aromatic rings. The van der Waals surface area contributed by atoms with Crippen LogP contribution in [0.5, 0.6) is 6.01 Å². The van der Waals surface area contributed by atoms with Crippen molar-refractivity contribution in [2.45, 2.75) is 18.9 Å². The summed E-state index contributed by atoms with van der Waals surface area (Å²) < 4.78 is 36.7. The molecule has 2 unspecified atom stereocenters. The van der Waals surface area contributed by atoms with Crippen molar-refractivity contribution in [3.8, 4) is 23.3 Å². The van der Waals surface area contributed by atoms with E-state index in [4.69, 9.17) is 21.3 Å². The largest absolute Gasteiger partial charge is 0.463 e. The molecule has 12 heteroatoms. The molecule has 1 saturated carbocycles. The number of hydrogen-bond donors (Lipinski definition) is 0. The molecule has 230 valence electrons. The summed E-state index contributed by atoms with van der Waals surface area (Å²) >= 11 is 6.57. The Morgan fingerprint density at radius 2 is 2.02 bits per heavy atom. The molecule has 0 radical (unpaired) electrons. The summed E-state index contributed by atoms with van der Waals surface area (Å²) in [4.78, 5) is 31.8. The minimum atomic E-state index is -1.09. The lowest BCUT2D eigenvalue weighted by Gasteiger charge is -2.41. The van der Waals surface area contributed by atoms with Crippen LogP contribution >= 0.6 is 11.6 Å². The Bertz CT molecular complexity index is 1910. The van der Waals surface area contributed by atoms with Crippen molar-refractivity contribution in [3.05, 3.63) is 65.8 Å². The fraction of sp³-hybridized carbons (Fsp3) is 0.364. The summed E-state index contributed by atoms with van der Waals surface area (Å²) in [7, 11) is 2.09. The van der Waals surface area contributed by atoms with Crippen molar-refractivity contribution >= 4 is 45.0 Å². The standard InChI is InChI=1S/C33H30ClF2N7O2/c1-19(35)31(44)43-12-11-42(16-22(43)9-10-37)30-24-14-38-28(23-7-3-5-20-6-4-8-25(34)26(20)23)27(36)29(24)39-32(40-30)45-18-33-13-21(33)15-41(2)17-33/h3-8,14,21-22H,1,9,11-13,15-18H2,2H3/t21?,22-,33?/m0/s1. The Labute approximate surface area is 263 Å². The number of nitriles is 1. The lowest BCUT2D eigenvalue weighted by atomic mass is 10.0. The number of benzene rings is 2. The molecule has 3 fully saturated rings. The van der Waals surface area contributed by atoms with E-state index in [1.165, 1.54) is 11.1 Å². The van der Waals surface area contributed by atoms with E-state index in [2.05, 4.69) is 34.6 Å². The molecule has 2 aromatic carbocycles. The molecule has 0 N–H and O–H groups in total. The molecule has 0 spiro atoms. The van der Waals surface area contributed by atoms with Crippen LogP contribution in [0.3, 0.4) is 0 Å². The minimum Gasteiger partial charge on any atom is -0.463 e. The first kappa shape index (κ1) is 29.3. The van der Waals surface area contributed by atoms with Gasteiger partial charge in [-0.2, -0.15) is 15.2 Å². The molecule has 2 aromatic heterocycles. The zero-order valence-corrected chi connectivity index (χ0v) is 25.4. The van der Waals surface area contributed by atoms with Crippen LogP contribution in [0.15, 0.2) is 55.0 Å². The summed E-state index contributed by atoms with van der Waals surface area (Å²) in [6.45, 7) is 6.01. The number of pyridine rings is 1. The predicted molar refractivity (Wildman–Crippen MR) is 167 cm³/mol. The highest BCUT2D eigenvalue weighted by Crippen LogP contribution is 2.57. The van der Waals surface area contributed by atoms with Gasteiger partial charge in [0, 0.05) is 60.3 Å². The van der Waals surface area contributed by atoms with Crippen LogP contribution in [0.2, 0.25) is 5.02 Å². The highest BCUT2D eigenvalue weighted by molar-refractivity contribution is 6.36. The molecule has 45 heavy (non-hydrogen) atoms. The van der Waals surface area contributed by atoms with E-state index in [1.807, 2.05) is 29.2 Å². The highest BCUT2D eigenvalue weighted by atomic mass is 35.5. The smallest absolute Gasteiger partial charge is 0.319 e. The van der Waals surface area contributed by atoms with Gasteiger partial charge < -0.3 is 19.4 Å².